The molecule has 5 heterocycles. The molecule has 8 atom stereocenters. The zero-order valence-electron chi connectivity index (χ0n) is 18.0. The molecule has 8 heteroatoms. The van der Waals surface area contributed by atoms with Crippen LogP contribution in [0.5, 0.6) is 0 Å². The van der Waals surface area contributed by atoms with E-state index >= 15 is 0 Å². The Morgan fingerprint density at radius 3 is 2.94 bits per heavy atom. The van der Waals surface area contributed by atoms with Gasteiger partial charge in [0.25, 0.3) is 0 Å². The number of nitrogens with one attached hydrogen (secondary N) is 1. The molecule has 8 nitrogen and oxygen atoms in total. The van der Waals surface area contributed by atoms with Crippen molar-refractivity contribution in [3.63, 3.8) is 0 Å². The molecule has 2 bridgehead atoms. The maximum atomic E-state index is 13.0. The maximum absolute atomic E-state index is 13.0. The number of H-pyrrole nitrogens is 1. The number of ether oxygens (including phenoxy) is 3. The van der Waals surface area contributed by atoms with Gasteiger partial charge in [0.05, 0.1) is 22.9 Å². The number of aromatic nitrogens is 2. The average Bonchev–Trinajstić information content (AvgIpc) is 3.11. The van der Waals surface area contributed by atoms with Crippen LogP contribution in [0.25, 0.3) is 11.0 Å². The lowest BCUT2D eigenvalue weighted by molar-refractivity contribution is -0.576. The number of hydrogen-bond donors (Lipinski definition) is 1. The predicted molar refractivity (Wildman–Crippen MR) is 108 cm³/mol. The number of nitrogens with zero attached hydrogens (tertiary/aromatic N) is 1. The number of aromatic amines is 1. The van der Waals surface area contributed by atoms with Crippen molar-refractivity contribution in [1.82, 2.24) is 9.97 Å². The Balaban J connectivity index is 1.30. The summed E-state index contributed by atoms with van der Waals surface area (Å²) in [5.74, 6) is -0.445. The van der Waals surface area contributed by atoms with Crippen molar-refractivity contribution in [2.24, 2.45) is 23.7 Å². The quantitative estimate of drug-likeness (QED) is 0.572. The average molecular weight is 428 g/mol. The van der Waals surface area contributed by atoms with Crippen LogP contribution >= 0.6 is 0 Å². The van der Waals surface area contributed by atoms with E-state index in [-0.39, 0.29) is 17.8 Å². The smallest absolute Gasteiger partial charge is 0.340 e. The van der Waals surface area contributed by atoms with Crippen LogP contribution in [0.15, 0.2) is 24.5 Å². The number of carbonyl (C=O) groups excluding carboxylic acids is 1. The fourth-order valence-corrected chi connectivity index (χ4v) is 6.24. The van der Waals surface area contributed by atoms with Crippen molar-refractivity contribution < 1.29 is 28.8 Å². The standard InChI is InChI=1S/C23H28N2O6/c1-12-4-6-16-13(2)20(27-19(26)14-5-7-17-18(10-14)25-11-24-17)28-21-23(16)15(12)8-9-22(3,29-21)30-31-23/h5,7,10-13,15-16,20-21H,4,6,8-9H2,1-3H3,(H,24,25)/t12-,13-,15+,16+,20+,21-,22+,23-/m1/s1. The number of rotatable bonds is 2. The Hall–Kier alpha value is -2.00. The molecule has 7 rings (SSSR count). The molecule has 4 aliphatic heterocycles. The van der Waals surface area contributed by atoms with E-state index in [0.29, 0.717) is 11.5 Å². The van der Waals surface area contributed by atoms with Gasteiger partial charge in [-0.3, -0.25) is 0 Å². The fraction of sp³-hybridized carbons (Fsp3) is 0.652. The van der Waals surface area contributed by atoms with Crippen molar-refractivity contribution in [3.8, 4) is 0 Å². The molecular weight excluding hydrogens is 400 g/mol. The Labute approximate surface area is 180 Å². The summed E-state index contributed by atoms with van der Waals surface area (Å²) < 4.78 is 18.5. The van der Waals surface area contributed by atoms with Crippen molar-refractivity contribution in [2.45, 2.75) is 70.4 Å². The first kappa shape index (κ1) is 19.7. The molecule has 0 unspecified atom stereocenters. The first-order valence-electron chi connectivity index (χ1n) is 11.2. The van der Waals surface area contributed by atoms with Gasteiger partial charge in [0.1, 0.15) is 0 Å². The van der Waals surface area contributed by atoms with Gasteiger partial charge in [-0.15, -0.1) is 0 Å². The van der Waals surface area contributed by atoms with Crippen molar-refractivity contribution in [2.75, 3.05) is 0 Å². The summed E-state index contributed by atoms with van der Waals surface area (Å²) in [5, 5.41) is 0. The van der Waals surface area contributed by atoms with Gasteiger partial charge in [-0.25, -0.2) is 19.6 Å². The second-order valence-corrected chi connectivity index (χ2v) is 9.81. The molecule has 1 aromatic heterocycles. The molecule has 31 heavy (non-hydrogen) atoms. The minimum Gasteiger partial charge on any atom is -0.432 e. The lowest BCUT2D eigenvalue weighted by Crippen LogP contribution is -2.70. The number of carbonyl (C=O) groups is 1. The van der Waals surface area contributed by atoms with E-state index in [1.54, 1.807) is 24.5 Å². The molecule has 1 N–H and O–H groups in total. The third-order valence-electron chi connectivity index (χ3n) is 7.98. The van der Waals surface area contributed by atoms with Gasteiger partial charge in [-0.2, -0.15) is 0 Å². The topological polar surface area (TPSA) is 91.9 Å². The Morgan fingerprint density at radius 1 is 1.19 bits per heavy atom. The lowest BCUT2D eigenvalue weighted by Gasteiger charge is -2.59. The van der Waals surface area contributed by atoms with E-state index < -0.39 is 29.9 Å². The number of hydrogen-bond acceptors (Lipinski definition) is 7. The molecule has 0 radical (unpaired) electrons. The summed E-state index contributed by atoms with van der Waals surface area (Å²) in [4.78, 5) is 32.1. The molecular formula is C23H28N2O6. The van der Waals surface area contributed by atoms with Crippen LogP contribution in [0.4, 0.5) is 0 Å². The van der Waals surface area contributed by atoms with E-state index in [0.717, 1.165) is 36.7 Å². The van der Waals surface area contributed by atoms with Gasteiger partial charge in [0, 0.05) is 18.3 Å². The molecule has 1 aromatic carbocycles. The maximum Gasteiger partial charge on any atom is 0.340 e. The molecule has 0 amide bonds. The SMILES string of the molecule is C[C@H]1[C@@H](OC(=O)c2ccc3nc[nH]c3c2)O[C@@H]2O[C@]3(C)CC[C@H]4[C@H](C)CC[C@@H]1[C@@]24OO3. The first-order chi connectivity index (χ1) is 14.9. The lowest BCUT2D eigenvalue weighted by atomic mass is 9.58. The number of imidazole rings is 1. The minimum absolute atomic E-state index is 0.0549. The third-order valence-corrected chi connectivity index (χ3v) is 7.98. The molecule has 5 fully saturated rings. The number of esters is 1. The summed E-state index contributed by atoms with van der Waals surface area (Å²) in [5.41, 5.74) is 1.39. The van der Waals surface area contributed by atoms with E-state index in [2.05, 4.69) is 23.8 Å². The highest BCUT2D eigenvalue weighted by molar-refractivity contribution is 5.93. The highest BCUT2D eigenvalue weighted by Gasteiger charge is 2.69. The van der Waals surface area contributed by atoms with Crippen molar-refractivity contribution in [3.05, 3.63) is 30.1 Å². The summed E-state index contributed by atoms with van der Waals surface area (Å²) in [7, 11) is 0. The second kappa shape index (κ2) is 6.75. The van der Waals surface area contributed by atoms with Crippen LogP contribution in [0.1, 0.15) is 56.8 Å². The van der Waals surface area contributed by atoms with Crippen LogP contribution in [0.2, 0.25) is 0 Å². The zero-order valence-corrected chi connectivity index (χ0v) is 18.0. The molecule has 2 aromatic rings. The predicted octanol–water partition coefficient (Wildman–Crippen LogP) is 3.93. The highest BCUT2D eigenvalue weighted by Crippen LogP contribution is 2.60. The number of fused-ring (bicyclic) bond motifs is 3. The highest BCUT2D eigenvalue weighted by atomic mass is 17.3. The summed E-state index contributed by atoms with van der Waals surface area (Å²) in [6.45, 7) is 6.24. The van der Waals surface area contributed by atoms with Crippen molar-refractivity contribution >= 4 is 17.0 Å². The second-order valence-electron chi connectivity index (χ2n) is 9.81. The zero-order chi connectivity index (χ0) is 21.4. The van der Waals surface area contributed by atoms with E-state index in [1.165, 1.54) is 0 Å². The van der Waals surface area contributed by atoms with Crippen LogP contribution in [0.3, 0.4) is 0 Å². The van der Waals surface area contributed by atoms with Crippen LogP contribution in [-0.2, 0) is 24.0 Å². The first-order valence-corrected chi connectivity index (χ1v) is 11.2. The molecule has 1 saturated carbocycles. The van der Waals surface area contributed by atoms with Gasteiger partial charge in [0.2, 0.25) is 12.1 Å². The van der Waals surface area contributed by atoms with E-state index in [1.807, 2.05) is 6.92 Å². The van der Waals surface area contributed by atoms with Gasteiger partial charge in [-0.05, 0) is 56.2 Å². The van der Waals surface area contributed by atoms with Gasteiger partial charge >= 0.3 is 5.97 Å². The number of benzene rings is 1. The summed E-state index contributed by atoms with van der Waals surface area (Å²) in [6.07, 6.45) is 4.03. The minimum atomic E-state index is -0.849. The monoisotopic (exact) mass is 428 g/mol. The Kier molecular flexibility index (Phi) is 4.28. The van der Waals surface area contributed by atoms with Crippen LogP contribution in [-0.4, -0.2) is 39.9 Å². The molecule has 4 saturated heterocycles. The normalized spacial score (nSPS) is 44.0. The van der Waals surface area contributed by atoms with Gasteiger partial charge < -0.3 is 19.2 Å². The molecule has 5 aliphatic rings. The third kappa shape index (κ3) is 2.81. The van der Waals surface area contributed by atoms with Gasteiger partial charge in [-0.1, -0.05) is 13.8 Å². The molecule has 1 spiro atoms. The van der Waals surface area contributed by atoms with E-state index in [4.69, 9.17) is 24.0 Å². The summed E-state index contributed by atoms with van der Waals surface area (Å²) >= 11 is 0. The van der Waals surface area contributed by atoms with Crippen LogP contribution in [0, 0.1) is 23.7 Å². The Morgan fingerprint density at radius 2 is 2.06 bits per heavy atom. The molecule has 166 valence electrons. The molecule has 1 aliphatic carbocycles. The summed E-state index contributed by atoms with van der Waals surface area (Å²) in [6, 6.07) is 5.27. The van der Waals surface area contributed by atoms with Gasteiger partial charge in [0.15, 0.2) is 11.9 Å². The van der Waals surface area contributed by atoms with Crippen molar-refractivity contribution in [1.29, 1.82) is 0 Å². The Bertz CT molecular complexity index is 1020. The fourth-order valence-electron chi connectivity index (χ4n) is 6.24. The van der Waals surface area contributed by atoms with E-state index in [9.17, 15) is 4.79 Å². The van der Waals surface area contributed by atoms with Crippen LogP contribution < -0.4 is 0 Å². The largest absolute Gasteiger partial charge is 0.432 e.